The van der Waals surface area contributed by atoms with Crippen molar-refractivity contribution in [1.82, 2.24) is 5.32 Å². The second-order valence-electron chi connectivity index (χ2n) is 5.75. The highest BCUT2D eigenvalue weighted by Crippen LogP contribution is 2.20. The highest BCUT2D eigenvalue weighted by molar-refractivity contribution is 5.76. The van der Waals surface area contributed by atoms with Gasteiger partial charge in [0.1, 0.15) is 5.82 Å². The summed E-state index contributed by atoms with van der Waals surface area (Å²) < 4.78 is 14.1. The number of hydrogen-bond acceptors (Lipinski definition) is 3. The molecule has 124 valence electrons. The van der Waals surface area contributed by atoms with Gasteiger partial charge < -0.3 is 15.3 Å². The minimum Gasteiger partial charge on any atom is -0.392 e. The van der Waals surface area contributed by atoms with Gasteiger partial charge >= 0.3 is 0 Å². The monoisotopic (exact) mass is 310 g/mol. The zero-order valence-electron chi connectivity index (χ0n) is 13.9. The van der Waals surface area contributed by atoms with E-state index in [2.05, 4.69) is 5.32 Å². The molecule has 1 unspecified atom stereocenters. The number of halogens is 1. The summed E-state index contributed by atoms with van der Waals surface area (Å²) in [5.74, 6) is -0.469. The summed E-state index contributed by atoms with van der Waals surface area (Å²) in [5.41, 5.74) is 1.29. The molecule has 0 bridgehead atoms. The summed E-state index contributed by atoms with van der Waals surface area (Å²) in [7, 11) is 0. The molecular formula is C17H27FN2O2. The van der Waals surface area contributed by atoms with Crippen LogP contribution in [0.15, 0.2) is 18.2 Å². The van der Waals surface area contributed by atoms with Crippen LogP contribution in [0, 0.1) is 11.7 Å². The molecule has 0 aliphatic rings. The van der Waals surface area contributed by atoms with Crippen molar-refractivity contribution in [3.63, 3.8) is 0 Å². The quantitative estimate of drug-likeness (QED) is 0.776. The molecule has 0 radical (unpaired) electrons. The van der Waals surface area contributed by atoms with Crippen molar-refractivity contribution in [3.8, 4) is 0 Å². The minimum absolute atomic E-state index is 0.0385. The van der Waals surface area contributed by atoms with E-state index in [0.717, 1.165) is 13.1 Å². The van der Waals surface area contributed by atoms with E-state index in [9.17, 15) is 14.3 Å². The lowest BCUT2D eigenvalue weighted by molar-refractivity contribution is -0.123. The standard InChI is InChI=1S/C17H27FN2O2/c1-5-20(6-2)15-8-7-13(9-14(15)18)11-19-17(22)10-16(21)12(3)4/h7-9,12,16,21H,5-6,10-11H2,1-4H3,(H,19,22). The van der Waals surface area contributed by atoms with E-state index < -0.39 is 6.10 Å². The van der Waals surface area contributed by atoms with Crippen LogP contribution in [0.3, 0.4) is 0 Å². The zero-order chi connectivity index (χ0) is 16.7. The summed E-state index contributed by atoms with van der Waals surface area (Å²) in [4.78, 5) is 13.7. The summed E-state index contributed by atoms with van der Waals surface area (Å²) in [6, 6.07) is 5.01. The Hall–Kier alpha value is -1.62. The Bertz CT molecular complexity index is 488. The number of carbonyl (C=O) groups is 1. The molecule has 1 rings (SSSR count). The van der Waals surface area contributed by atoms with Gasteiger partial charge in [0, 0.05) is 19.6 Å². The number of benzene rings is 1. The van der Waals surface area contributed by atoms with E-state index in [1.165, 1.54) is 6.07 Å². The lowest BCUT2D eigenvalue weighted by Crippen LogP contribution is -2.29. The molecule has 0 fully saturated rings. The Labute approximate surface area is 132 Å². The fraction of sp³-hybridized carbons (Fsp3) is 0.588. The van der Waals surface area contributed by atoms with Crippen molar-refractivity contribution in [1.29, 1.82) is 0 Å². The van der Waals surface area contributed by atoms with Crippen LogP contribution in [0.25, 0.3) is 0 Å². The molecule has 1 amide bonds. The Morgan fingerprint density at radius 1 is 1.32 bits per heavy atom. The molecule has 1 atom stereocenters. The highest BCUT2D eigenvalue weighted by atomic mass is 19.1. The SMILES string of the molecule is CCN(CC)c1ccc(CNC(=O)CC(O)C(C)C)cc1F. The van der Waals surface area contributed by atoms with Gasteiger partial charge in [-0.3, -0.25) is 4.79 Å². The molecule has 0 aliphatic heterocycles. The fourth-order valence-corrected chi connectivity index (χ4v) is 2.18. The summed E-state index contributed by atoms with van der Waals surface area (Å²) >= 11 is 0. The highest BCUT2D eigenvalue weighted by Gasteiger charge is 2.14. The first-order valence-electron chi connectivity index (χ1n) is 7.87. The van der Waals surface area contributed by atoms with Gasteiger partial charge in [-0.1, -0.05) is 19.9 Å². The van der Waals surface area contributed by atoms with Crippen LogP contribution in [0.5, 0.6) is 0 Å². The first kappa shape index (κ1) is 18.4. The number of anilines is 1. The minimum atomic E-state index is -0.651. The largest absolute Gasteiger partial charge is 0.392 e. The van der Waals surface area contributed by atoms with E-state index in [-0.39, 0.29) is 30.6 Å². The topological polar surface area (TPSA) is 52.6 Å². The number of aliphatic hydroxyl groups excluding tert-OH is 1. The molecule has 1 aromatic carbocycles. The van der Waals surface area contributed by atoms with Crippen molar-refractivity contribution in [3.05, 3.63) is 29.6 Å². The molecule has 4 nitrogen and oxygen atoms in total. The Morgan fingerprint density at radius 3 is 2.45 bits per heavy atom. The van der Waals surface area contributed by atoms with Crippen LogP contribution in [0.4, 0.5) is 10.1 Å². The predicted molar refractivity (Wildman–Crippen MR) is 87.3 cm³/mol. The lowest BCUT2D eigenvalue weighted by Gasteiger charge is -2.22. The van der Waals surface area contributed by atoms with Crippen LogP contribution in [-0.4, -0.2) is 30.2 Å². The van der Waals surface area contributed by atoms with Gasteiger partial charge in [-0.15, -0.1) is 0 Å². The maximum absolute atomic E-state index is 14.1. The van der Waals surface area contributed by atoms with Crippen LogP contribution >= 0.6 is 0 Å². The van der Waals surface area contributed by atoms with Crippen molar-refractivity contribution >= 4 is 11.6 Å². The molecule has 1 aromatic rings. The van der Waals surface area contributed by atoms with Gasteiger partial charge in [0.25, 0.3) is 0 Å². The van der Waals surface area contributed by atoms with Crippen LogP contribution in [-0.2, 0) is 11.3 Å². The van der Waals surface area contributed by atoms with E-state index in [1.54, 1.807) is 6.07 Å². The van der Waals surface area contributed by atoms with Crippen molar-refractivity contribution < 1.29 is 14.3 Å². The summed E-state index contributed by atoms with van der Waals surface area (Å²) in [5, 5.41) is 12.4. The second-order valence-corrected chi connectivity index (χ2v) is 5.75. The molecule has 0 aromatic heterocycles. The van der Waals surface area contributed by atoms with Gasteiger partial charge in [0.05, 0.1) is 18.2 Å². The number of hydrogen-bond donors (Lipinski definition) is 2. The van der Waals surface area contributed by atoms with Crippen molar-refractivity contribution in [2.45, 2.75) is 46.8 Å². The number of carbonyl (C=O) groups excluding carboxylic acids is 1. The third kappa shape index (κ3) is 5.30. The predicted octanol–water partition coefficient (Wildman–Crippen LogP) is 2.70. The molecule has 0 heterocycles. The zero-order valence-corrected chi connectivity index (χ0v) is 13.9. The Morgan fingerprint density at radius 2 is 1.95 bits per heavy atom. The van der Waals surface area contributed by atoms with Crippen molar-refractivity contribution in [2.75, 3.05) is 18.0 Å². The number of aliphatic hydroxyl groups is 1. The average Bonchev–Trinajstić information content (AvgIpc) is 2.48. The summed E-state index contributed by atoms with van der Waals surface area (Å²) in [6.45, 7) is 9.44. The molecule has 0 saturated carbocycles. The molecule has 0 spiro atoms. The first-order valence-corrected chi connectivity index (χ1v) is 7.87. The van der Waals surface area contributed by atoms with Crippen LogP contribution in [0.2, 0.25) is 0 Å². The fourth-order valence-electron chi connectivity index (χ4n) is 2.18. The van der Waals surface area contributed by atoms with E-state index in [1.807, 2.05) is 38.7 Å². The van der Waals surface area contributed by atoms with E-state index in [0.29, 0.717) is 11.3 Å². The lowest BCUT2D eigenvalue weighted by atomic mass is 10.0. The van der Waals surface area contributed by atoms with E-state index >= 15 is 0 Å². The molecule has 22 heavy (non-hydrogen) atoms. The van der Waals surface area contributed by atoms with Gasteiger partial charge in [-0.05, 0) is 37.5 Å². The molecule has 0 saturated heterocycles. The third-order valence-corrected chi connectivity index (χ3v) is 3.77. The molecule has 0 aliphatic carbocycles. The van der Waals surface area contributed by atoms with E-state index in [4.69, 9.17) is 0 Å². The number of rotatable bonds is 8. The van der Waals surface area contributed by atoms with Gasteiger partial charge in [-0.25, -0.2) is 4.39 Å². The average molecular weight is 310 g/mol. The molecular weight excluding hydrogens is 283 g/mol. The first-order chi connectivity index (χ1) is 10.4. The summed E-state index contributed by atoms with van der Waals surface area (Å²) in [6.07, 6.45) is -0.584. The normalized spacial score (nSPS) is 12.3. The molecule has 2 N–H and O–H groups in total. The van der Waals surface area contributed by atoms with Gasteiger partial charge in [0.2, 0.25) is 5.91 Å². The van der Waals surface area contributed by atoms with Crippen molar-refractivity contribution in [2.24, 2.45) is 5.92 Å². The van der Waals surface area contributed by atoms with Gasteiger partial charge in [0.15, 0.2) is 0 Å². The maximum Gasteiger partial charge on any atom is 0.222 e. The van der Waals surface area contributed by atoms with Gasteiger partial charge in [-0.2, -0.15) is 0 Å². The third-order valence-electron chi connectivity index (χ3n) is 3.77. The maximum atomic E-state index is 14.1. The number of amides is 1. The number of nitrogens with zero attached hydrogens (tertiary/aromatic N) is 1. The Kier molecular flexibility index (Phi) is 7.32. The van der Waals surface area contributed by atoms with Crippen LogP contribution in [0.1, 0.15) is 39.7 Å². The Balaban J connectivity index is 2.61. The molecule has 5 heteroatoms. The number of nitrogens with one attached hydrogen (secondary N) is 1. The van der Waals surface area contributed by atoms with Crippen LogP contribution < -0.4 is 10.2 Å². The second kappa shape index (κ2) is 8.73. The smallest absolute Gasteiger partial charge is 0.222 e.